The molecule has 0 atom stereocenters. The van der Waals surface area contributed by atoms with Gasteiger partial charge in [0.25, 0.3) is 0 Å². The van der Waals surface area contributed by atoms with Crippen molar-refractivity contribution in [2.24, 2.45) is 0 Å². The summed E-state index contributed by atoms with van der Waals surface area (Å²) in [6.07, 6.45) is -0.0357. The second kappa shape index (κ2) is 5.52. The van der Waals surface area contributed by atoms with E-state index < -0.39 is 11.8 Å². The van der Waals surface area contributed by atoms with Crippen LogP contribution in [0.3, 0.4) is 0 Å². The summed E-state index contributed by atoms with van der Waals surface area (Å²) in [4.78, 5) is 10.7. The molecule has 1 aromatic carbocycles. The van der Waals surface area contributed by atoms with Crippen molar-refractivity contribution in [2.45, 2.75) is 6.42 Å². The van der Waals surface area contributed by atoms with Crippen LogP contribution in [0.1, 0.15) is 12.0 Å². The standard InChI is InChI=1S/C11H8BrFO2/c1-15-11(14)4-2-3-8-5-6-9(12)7-10(8)13/h5-7H,4H2,1H3. The van der Waals surface area contributed by atoms with Crippen molar-refractivity contribution >= 4 is 21.9 Å². The van der Waals surface area contributed by atoms with Crippen LogP contribution in [0.25, 0.3) is 0 Å². The van der Waals surface area contributed by atoms with Crippen LogP contribution in [0.2, 0.25) is 0 Å². The quantitative estimate of drug-likeness (QED) is 0.579. The first-order valence-electron chi connectivity index (χ1n) is 4.14. The topological polar surface area (TPSA) is 26.3 Å². The first kappa shape index (κ1) is 11.7. The number of methoxy groups -OCH3 is 1. The van der Waals surface area contributed by atoms with E-state index in [-0.39, 0.29) is 12.0 Å². The first-order chi connectivity index (χ1) is 7.13. The second-order valence-electron chi connectivity index (χ2n) is 2.68. The van der Waals surface area contributed by atoms with Crippen LogP contribution in [-0.2, 0) is 9.53 Å². The molecule has 0 radical (unpaired) electrons. The molecular formula is C11H8BrFO2. The Morgan fingerprint density at radius 1 is 1.60 bits per heavy atom. The molecule has 0 bridgehead atoms. The fourth-order valence-corrected chi connectivity index (χ4v) is 1.21. The molecule has 1 rings (SSSR count). The van der Waals surface area contributed by atoms with E-state index in [1.165, 1.54) is 13.2 Å². The van der Waals surface area contributed by atoms with Crippen molar-refractivity contribution < 1.29 is 13.9 Å². The summed E-state index contributed by atoms with van der Waals surface area (Å²) in [5.74, 6) is 4.25. The predicted molar refractivity (Wildman–Crippen MR) is 57.6 cm³/mol. The fraction of sp³-hybridized carbons (Fsp3) is 0.182. The highest BCUT2D eigenvalue weighted by atomic mass is 79.9. The number of hydrogen-bond acceptors (Lipinski definition) is 2. The summed E-state index contributed by atoms with van der Waals surface area (Å²) in [7, 11) is 1.28. The van der Waals surface area contributed by atoms with Crippen LogP contribution >= 0.6 is 15.9 Å². The molecule has 0 amide bonds. The van der Waals surface area contributed by atoms with Gasteiger partial charge in [0.2, 0.25) is 0 Å². The maximum Gasteiger partial charge on any atom is 0.317 e. The van der Waals surface area contributed by atoms with E-state index >= 15 is 0 Å². The van der Waals surface area contributed by atoms with Gasteiger partial charge in [0, 0.05) is 4.47 Å². The van der Waals surface area contributed by atoms with Crippen LogP contribution in [0.5, 0.6) is 0 Å². The number of ether oxygens (including phenoxy) is 1. The van der Waals surface area contributed by atoms with Crippen LogP contribution in [0, 0.1) is 17.7 Å². The molecule has 15 heavy (non-hydrogen) atoms. The molecule has 1 aromatic rings. The van der Waals surface area contributed by atoms with E-state index in [9.17, 15) is 9.18 Å². The summed E-state index contributed by atoms with van der Waals surface area (Å²) in [5.41, 5.74) is 0.266. The van der Waals surface area contributed by atoms with E-state index in [2.05, 4.69) is 32.5 Å². The van der Waals surface area contributed by atoms with E-state index in [1.54, 1.807) is 12.1 Å². The Morgan fingerprint density at radius 2 is 2.33 bits per heavy atom. The van der Waals surface area contributed by atoms with Crippen LogP contribution in [-0.4, -0.2) is 13.1 Å². The SMILES string of the molecule is COC(=O)CC#Cc1ccc(Br)cc1F. The van der Waals surface area contributed by atoms with Gasteiger partial charge in [-0.25, -0.2) is 4.39 Å². The van der Waals surface area contributed by atoms with E-state index in [4.69, 9.17) is 0 Å². The lowest BCUT2D eigenvalue weighted by Gasteiger charge is -1.94. The predicted octanol–water partition coefficient (Wildman–Crippen LogP) is 2.50. The zero-order chi connectivity index (χ0) is 11.3. The number of rotatable bonds is 1. The molecule has 0 aromatic heterocycles. The van der Waals surface area contributed by atoms with E-state index in [0.29, 0.717) is 4.47 Å². The number of carbonyl (C=O) groups excluding carboxylic acids is 1. The summed E-state index contributed by atoms with van der Waals surface area (Å²) >= 11 is 3.14. The van der Waals surface area contributed by atoms with Crippen molar-refractivity contribution in [3.05, 3.63) is 34.1 Å². The smallest absolute Gasteiger partial charge is 0.317 e. The maximum atomic E-state index is 13.2. The highest BCUT2D eigenvalue weighted by molar-refractivity contribution is 9.10. The van der Waals surface area contributed by atoms with Gasteiger partial charge in [-0.2, -0.15) is 0 Å². The van der Waals surface area contributed by atoms with E-state index in [1.807, 2.05) is 0 Å². The largest absolute Gasteiger partial charge is 0.468 e. The molecule has 0 heterocycles. The third-order valence-electron chi connectivity index (χ3n) is 1.61. The van der Waals surface area contributed by atoms with Gasteiger partial charge in [0.15, 0.2) is 0 Å². The van der Waals surface area contributed by atoms with Crippen molar-refractivity contribution in [1.29, 1.82) is 0 Å². The highest BCUT2D eigenvalue weighted by Crippen LogP contribution is 2.14. The van der Waals surface area contributed by atoms with Crippen LogP contribution in [0.15, 0.2) is 22.7 Å². The van der Waals surface area contributed by atoms with Gasteiger partial charge in [-0.05, 0) is 18.2 Å². The van der Waals surface area contributed by atoms with Crippen molar-refractivity contribution in [1.82, 2.24) is 0 Å². The second-order valence-corrected chi connectivity index (χ2v) is 3.59. The van der Waals surface area contributed by atoms with Crippen molar-refractivity contribution in [3.8, 4) is 11.8 Å². The Kier molecular flexibility index (Phi) is 4.32. The molecule has 0 spiro atoms. The molecule has 0 aliphatic rings. The minimum atomic E-state index is -0.431. The van der Waals surface area contributed by atoms with E-state index in [0.717, 1.165) is 0 Å². The molecule has 2 nitrogen and oxygen atoms in total. The zero-order valence-electron chi connectivity index (χ0n) is 8.01. The monoisotopic (exact) mass is 270 g/mol. The lowest BCUT2D eigenvalue weighted by Crippen LogP contribution is -1.97. The number of carbonyl (C=O) groups is 1. The molecule has 0 N–H and O–H groups in total. The molecule has 0 saturated heterocycles. The van der Waals surface area contributed by atoms with Gasteiger partial charge < -0.3 is 4.74 Å². The summed E-state index contributed by atoms with van der Waals surface area (Å²) < 4.78 is 18.3. The molecule has 4 heteroatoms. The maximum absolute atomic E-state index is 13.2. The van der Waals surface area contributed by atoms with Gasteiger partial charge in [0.1, 0.15) is 12.2 Å². The molecule has 0 fully saturated rings. The van der Waals surface area contributed by atoms with Gasteiger partial charge in [-0.3, -0.25) is 4.79 Å². The molecule has 0 saturated carbocycles. The third-order valence-corrected chi connectivity index (χ3v) is 2.11. The third kappa shape index (κ3) is 3.72. The fourth-order valence-electron chi connectivity index (χ4n) is 0.875. The Balaban J connectivity index is 2.76. The molecule has 0 aliphatic heterocycles. The zero-order valence-corrected chi connectivity index (χ0v) is 9.60. The minimum Gasteiger partial charge on any atom is -0.468 e. The molecule has 0 aliphatic carbocycles. The van der Waals surface area contributed by atoms with Gasteiger partial charge in [-0.15, -0.1) is 0 Å². The Morgan fingerprint density at radius 3 is 2.93 bits per heavy atom. The Labute approximate surface area is 95.6 Å². The first-order valence-corrected chi connectivity index (χ1v) is 4.93. The number of esters is 1. The van der Waals surface area contributed by atoms with Gasteiger partial charge in [-0.1, -0.05) is 27.8 Å². The number of halogens is 2. The normalized spacial score (nSPS) is 9.00. The molecule has 0 unspecified atom stereocenters. The van der Waals surface area contributed by atoms with Gasteiger partial charge >= 0.3 is 5.97 Å². The Bertz CT molecular complexity index is 432. The molecular weight excluding hydrogens is 263 g/mol. The average molecular weight is 271 g/mol. The highest BCUT2D eigenvalue weighted by Gasteiger charge is 1.99. The average Bonchev–Trinajstić information content (AvgIpc) is 2.21. The Hall–Kier alpha value is -1.34. The number of hydrogen-bond donors (Lipinski definition) is 0. The van der Waals surface area contributed by atoms with Crippen molar-refractivity contribution in [2.75, 3.05) is 7.11 Å². The van der Waals surface area contributed by atoms with Gasteiger partial charge in [0.05, 0.1) is 12.7 Å². The summed E-state index contributed by atoms with van der Waals surface area (Å²) in [6, 6.07) is 4.55. The lowest BCUT2D eigenvalue weighted by atomic mass is 10.2. The number of benzene rings is 1. The van der Waals surface area contributed by atoms with Crippen LogP contribution in [0.4, 0.5) is 4.39 Å². The summed E-state index contributed by atoms with van der Waals surface area (Å²) in [6.45, 7) is 0. The minimum absolute atomic E-state index is 0.0357. The van der Waals surface area contributed by atoms with Crippen molar-refractivity contribution in [3.63, 3.8) is 0 Å². The molecule has 78 valence electrons. The van der Waals surface area contributed by atoms with Crippen LogP contribution < -0.4 is 0 Å². The summed E-state index contributed by atoms with van der Waals surface area (Å²) in [5, 5.41) is 0. The lowest BCUT2D eigenvalue weighted by molar-refractivity contribution is -0.139.